The SMILES string of the molecule is CCN1C(=O)C(C)(C)COc2cc(NC(=O)Nc3cccc(C(F)(F)F)c3)ccc21. The van der Waals surface area contributed by atoms with Crippen molar-refractivity contribution in [3.8, 4) is 5.75 Å². The van der Waals surface area contributed by atoms with Crippen LogP contribution in [0.4, 0.5) is 35.0 Å². The van der Waals surface area contributed by atoms with Gasteiger partial charge in [0.15, 0.2) is 0 Å². The van der Waals surface area contributed by atoms with Gasteiger partial charge < -0.3 is 20.3 Å². The number of hydrogen-bond acceptors (Lipinski definition) is 3. The summed E-state index contributed by atoms with van der Waals surface area (Å²) in [5, 5.41) is 4.95. The predicted octanol–water partition coefficient (Wildman–Crippen LogP) is 5.12. The van der Waals surface area contributed by atoms with Crippen molar-refractivity contribution in [1.82, 2.24) is 0 Å². The van der Waals surface area contributed by atoms with Crippen molar-refractivity contribution >= 4 is 29.0 Å². The van der Waals surface area contributed by atoms with Gasteiger partial charge in [-0.3, -0.25) is 4.79 Å². The Balaban J connectivity index is 1.77. The van der Waals surface area contributed by atoms with Crippen molar-refractivity contribution in [2.75, 3.05) is 28.7 Å². The molecule has 0 spiro atoms. The van der Waals surface area contributed by atoms with Crippen LogP contribution in [0.1, 0.15) is 26.3 Å². The van der Waals surface area contributed by atoms with Gasteiger partial charge in [0.25, 0.3) is 0 Å². The molecule has 1 aliphatic heterocycles. The lowest BCUT2D eigenvalue weighted by Gasteiger charge is -2.26. The van der Waals surface area contributed by atoms with Gasteiger partial charge in [-0.2, -0.15) is 13.2 Å². The highest BCUT2D eigenvalue weighted by Crippen LogP contribution is 2.38. The average Bonchev–Trinajstić information content (AvgIpc) is 2.76. The number of hydrogen-bond donors (Lipinski definition) is 2. The quantitative estimate of drug-likeness (QED) is 0.723. The Morgan fingerprint density at radius 1 is 1.13 bits per heavy atom. The summed E-state index contributed by atoms with van der Waals surface area (Å²) < 4.78 is 44.3. The normalized spacial score (nSPS) is 15.7. The van der Waals surface area contributed by atoms with Gasteiger partial charge >= 0.3 is 12.2 Å². The topological polar surface area (TPSA) is 70.7 Å². The van der Waals surface area contributed by atoms with Crippen molar-refractivity contribution in [2.24, 2.45) is 5.41 Å². The first-order chi connectivity index (χ1) is 14.0. The van der Waals surface area contributed by atoms with Crippen LogP contribution in [0.3, 0.4) is 0 Å². The summed E-state index contributed by atoms with van der Waals surface area (Å²) in [4.78, 5) is 26.6. The fraction of sp³-hybridized carbons (Fsp3) is 0.333. The first-order valence-corrected chi connectivity index (χ1v) is 9.35. The van der Waals surface area contributed by atoms with Gasteiger partial charge in [0, 0.05) is 24.0 Å². The minimum absolute atomic E-state index is 0.0119. The highest BCUT2D eigenvalue weighted by atomic mass is 19.4. The maximum absolute atomic E-state index is 12.8. The van der Waals surface area contributed by atoms with E-state index in [1.807, 2.05) is 6.92 Å². The van der Waals surface area contributed by atoms with Crippen molar-refractivity contribution in [3.05, 3.63) is 48.0 Å². The van der Waals surface area contributed by atoms with E-state index in [0.717, 1.165) is 12.1 Å². The number of anilines is 3. The molecule has 0 aromatic heterocycles. The molecule has 6 nitrogen and oxygen atoms in total. The molecule has 30 heavy (non-hydrogen) atoms. The maximum Gasteiger partial charge on any atom is 0.416 e. The predicted molar refractivity (Wildman–Crippen MR) is 108 cm³/mol. The third-order valence-corrected chi connectivity index (χ3v) is 4.69. The molecule has 2 aromatic rings. The maximum atomic E-state index is 12.8. The molecule has 3 amide bonds. The molecule has 1 heterocycles. The van der Waals surface area contributed by atoms with E-state index >= 15 is 0 Å². The number of amides is 3. The molecule has 2 N–H and O–H groups in total. The lowest BCUT2D eigenvalue weighted by atomic mass is 9.93. The Kier molecular flexibility index (Phi) is 5.65. The van der Waals surface area contributed by atoms with Crippen molar-refractivity contribution in [3.63, 3.8) is 0 Å². The summed E-state index contributed by atoms with van der Waals surface area (Å²) in [7, 11) is 0. The second-order valence-corrected chi connectivity index (χ2v) is 7.56. The summed E-state index contributed by atoms with van der Waals surface area (Å²) >= 11 is 0. The van der Waals surface area contributed by atoms with E-state index < -0.39 is 23.2 Å². The number of halogens is 3. The molecule has 0 atom stereocenters. The number of fused-ring (bicyclic) bond motifs is 1. The Bertz CT molecular complexity index is 973. The van der Waals surface area contributed by atoms with E-state index in [4.69, 9.17) is 4.74 Å². The van der Waals surface area contributed by atoms with Gasteiger partial charge in [0.05, 0.1) is 16.7 Å². The number of urea groups is 1. The van der Waals surface area contributed by atoms with E-state index in [2.05, 4.69) is 10.6 Å². The first kappa shape index (κ1) is 21.5. The Morgan fingerprint density at radius 3 is 2.43 bits per heavy atom. The lowest BCUT2D eigenvalue weighted by molar-refractivity contribution is -0.137. The standard InChI is InChI=1S/C21H22F3N3O3/c1-4-27-16-9-8-15(11-17(16)30-12-20(2,3)18(27)28)26-19(29)25-14-7-5-6-13(10-14)21(22,23)24/h5-11H,4,12H2,1-3H3,(H2,25,26,29). The molecule has 0 unspecified atom stereocenters. The van der Waals surface area contributed by atoms with Crippen LogP contribution in [0.15, 0.2) is 42.5 Å². The van der Waals surface area contributed by atoms with E-state index in [1.54, 1.807) is 36.9 Å². The second-order valence-electron chi connectivity index (χ2n) is 7.56. The number of carbonyl (C=O) groups excluding carboxylic acids is 2. The number of ether oxygens (including phenoxy) is 1. The molecule has 1 aliphatic rings. The molecule has 0 aliphatic carbocycles. The third kappa shape index (κ3) is 4.50. The Hall–Kier alpha value is -3.23. The van der Waals surface area contributed by atoms with Crippen LogP contribution in [0.5, 0.6) is 5.75 Å². The molecule has 3 rings (SSSR count). The minimum atomic E-state index is -4.50. The van der Waals surface area contributed by atoms with Crippen LogP contribution in [-0.2, 0) is 11.0 Å². The Morgan fingerprint density at radius 2 is 1.80 bits per heavy atom. The first-order valence-electron chi connectivity index (χ1n) is 9.35. The van der Waals surface area contributed by atoms with E-state index in [1.165, 1.54) is 12.1 Å². The zero-order chi connectivity index (χ0) is 22.1. The molecule has 0 fully saturated rings. The molecule has 160 valence electrons. The van der Waals surface area contributed by atoms with Crippen LogP contribution in [-0.4, -0.2) is 25.1 Å². The third-order valence-electron chi connectivity index (χ3n) is 4.69. The molecule has 0 saturated carbocycles. The highest BCUT2D eigenvalue weighted by molar-refractivity contribution is 6.02. The number of alkyl halides is 3. The Labute approximate surface area is 172 Å². The largest absolute Gasteiger partial charge is 0.490 e. The summed E-state index contributed by atoms with van der Waals surface area (Å²) in [6.07, 6.45) is -4.50. The van der Waals surface area contributed by atoms with Crippen molar-refractivity contribution < 1.29 is 27.5 Å². The zero-order valence-corrected chi connectivity index (χ0v) is 16.8. The van der Waals surface area contributed by atoms with Crippen molar-refractivity contribution in [1.29, 1.82) is 0 Å². The van der Waals surface area contributed by atoms with Crippen LogP contribution in [0.2, 0.25) is 0 Å². The second kappa shape index (κ2) is 7.89. The number of nitrogens with one attached hydrogen (secondary N) is 2. The zero-order valence-electron chi connectivity index (χ0n) is 16.8. The summed E-state index contributed by atoms with van der Waals surface area (Å²) in [6.45, 7) is 6.09. The van der Waals surface area contributed by atoms with E-state index in [-0.39, 0.29) is 18.2 Å². The van der Waals surface area contributed by atoms with Crippen LogP contribution >= 0.6 is 0 Å². The van der Waals surface area contributed by atoms with Gasteiger partial charge in [-0.1, -0.05) is 6.07 Å². The van der Waals surface area contributed by atoms with E-state index in [0.29, 0.717) is 23.7 Å². The van der Waals surface area contributed by atoms with Gasteiger partial charge in [-0.25, -0.2) is 4.79 Å². The number of carbonyl (C=O) groups is 2. The van der Waals surface area contributed by atoms with Crippen LogP contribution in [0.25, 0.3) is 0 Å². The van der Waals surface area contributed by atoms with Gasteiger partial charge in [0.2, 0.25) is 5.91 Å². The summed E-state index contributed by atoms with van der Waals surface area (Å²) in [6, 6.07) is 8.50. The molecule has 9 heteroatoms. The number of benzene rings is 2. The molecule has 0 radical (unpaired) electrons. The monoisotopic (exact) mass is 421 g/mol. The summed E-state index contributed by atoms with van der Waals surface area (Å²) in [5.74, 6) is 0.374. The van der Waals surface area contributed by atoms with Gasteiger partial charge in [0.1, 0.15) is 12.4 Å². The average molecular weight is 421 g/mol. The fourth-order valence-electron chi connectivity index (χ4n) is 3.11. The molecular formula is C21H22F3N3O3. The lowest BCUT2D eigenvalue weighted by Crippen LogP contribution is -2.42. The number of rotatable bonds is 3. The molecule has 2 aromatic carbocycles. The molecular weight excluding hydrogens is 399 g/mol. The van der Waals surface area contributed by atoms with Crippen LogP contribution < -0.4 is 20.3 Å². The fourth-order valence-corrected chi connectivity index (χ4v) is 3.11. The van der Waals surface area contributed by atoms with Gasteiger partial charge in [-0.05, 0) is 51.1 Å². The molecule has 0 bridgehead atoms. The van der Waals surface area contributed by atoms with Crippen molar-refractivity contribution in [2.45, 2.75) is 26.9 Å². The highest BCUT2D eigenvalue weighted by Gasteiger charge is 2.37. The van der Waals surface area contributed by atoms with Crippen LogP contribution in [0, 0.1) is 5.41 Å². The van der Waals surface area contributed by atoms with E-state index in [9.17, 15) is 22.8 Å². The minimum Gasteiger partial charge on any atom is -0.490 e. The van der Waals surface area contributed by atoms with Gasteiger partial charge in [-0.15, -0.1) is 0 Å². The smallest absolute Gasteiger partial charge is 0.416 e. The molecule has 0 saturated heterocycles. The number of nitrogens with zero attached hydrogens (tertiary/aromatic N) is 1. The summed E-state index contributed by atoms with van der Waals surface area (Å²) in [5.41, 5.74) is -0.578.